The Bertz CT molecular complexity index is 973. The summed E-state index contributed by atoms with van der Waals surface area (Å²) in [5, 5.41) is 6.54. The van der Waals surface area contributed by atoms with Crippen LogP contribution in [-0.2, 0) is 6.61 Å². The average Bonchev–Trinajstić information content (AvgIpc) is 2.74. The number of hydrazone groups is 1. The molecule has 0 bridgehead atoms. The molecule has 0 unspecified atom stereocenters. The monoisotopic (exact) mass is 406 g/mol. The van der Waals surface area contributed by atoms with Gasteiger partial charge in [-0.25, -0.2) is 0 Å². The van der Waals surface area contributed by atoms with Crippen molar-refractivity contribution in [3.8, 4) is 11.5 Å². The first-order valence-corrected chi connectivity index (χ1v) is 9.62. The van der Waals surface area contributed by atoms with E-state index in [1.54, 1.807) is 13.3 Å². The summed E-state index contributed by atoms with van der Waals surface area (Å²) >= 11 is 5.26. The van der Waals surface area contributed by atoms with Crippen LogP contribution in [0.4, 0.5) is 5.69 Å². The number of ether oxygens (including phenoxy) is 2. The van der Waals surface area contributed by atoms with Crippen LogP contribution in [0.2, 0.25) is 0 Å². The minimum Gasteiger partial charge on any atom is -0.493 e. The van der Waals surface area contributed by atoms with Gasteiger partial charge in [-0.15, -0.1) is 10.5 Å². The average molecular weight is 407 g/mol. The fourth-order valence-electron chi connectivity index (χ4n) is 2.61. The number of hydrogen-bond donors (Lipinski definition) is 3. The second kappa shape index (κ2) is 10.2. The number of nitrogens with one attached hydrogen (secondary N) is 3. The number of benzene rings is 3. The smallest absolute Gasteiger partial charge is 0.228 e. The normalized spacial score (nSPS) is 10.6. The molecule has 0 aliphatic heterocycles. The van der Waals surface area contributed by atoms with Crippen molar-refractivity contribution >= 4 is 29.2 Å². The van der Waals surface area contributed by atoms with E-state index in [1.165, 1.54) is 5.56 Å². The quantitative estimate of drug-likeness (QED) is 0.320. The number of anilines is 1. The Morgan fingerprint density at radius 3 is 2.48 bits per heavy atom. The van der Waals surface area contributed by atoms with Gasteiger partial charge in [-0.1, -0.05) is 48.0 Å². The molecular formula is C23H24N3O2S+. The highest BCUT2D eigenvalue weighted by Crippen LogP contribution is 2.28. The van der Waals surface area contributed by atoms with Gasteiger partial charge in [0, 0.05) is 11.3 Å². The van der Waals surface area contributed by atoms with Crippen molar-refractivity contribution in [1.82, 2.24) is 5.43 Å². The number of aryl methyl sites for hydroxylation is 1. The van der Waals surface area contributed by atoms with E-state index in [2.05, 4.69) is 47.0 Å². The van der Waals surface area contributed by atoms with E-state index in [4.69, 9.17) is 21.7 Å². The third-order valence-electron chi connectivity index (χ3n) is 4.16. The topological polar surface area (TPSA) is 56.5 Å². The fraction of sp³-hybridized carbons (Fsp3) is 0.130. The third kappa shape index (κ3) is 6.33. The number of hydrogen-bond acceptors (Lipinski definition) is 3. The van der Waals surface area contributed by atoms with Gasteiger partial charge in [-0.2, -0.15) is 0 Å². The molecule has 5 nitrogen and oxygen atoms in total. The number of rotatable bonds is 7. The Morgan fingerprint density at radius 2 is 1.76 bits per heavy atom. The van der Waals surface area contributed by atoms with Gasteiger partial charge in [0.25, 0.3) is 0 Å². The molecule has 3 aromatic carbocycles. The second-order valence-corrected chi connectivity index (χ2v) is 6.83. The molecule has 0 fully saturated rings. The van der Waals surface area contributed by atoms with E-state index in [-0.39, 0.29) is 0 Å². The molecule has 0 spiro atoms. The van der Waals surface area contributed by atoms with Crippen LogP contribution in [-0.4, -0.2) is 18.4 Å². The fourth-order valence-corrected chi connectivity index (χ4v) is 2.78. The van der Waals surface area contributed by atoms with Crippen LogP contribution in [0.3, 0.4) is 0 Å². The lowest BCUT2D eigenvalue weighted by molar-refractivity contribution is -0.499. The molecule has 6 heteroatoms. The molecule has 0 atom stereocenters. The first-order chi connectivity index (χ1) is 14.1. The van der Waals surface area contributed by atoms with Crippen molar-refractivity contribution in [3.63, 3.8) is 0 Å². The largest absolute Gasteiger partial charge is 0.493 e. The zero-order valence-electron chi connectivity index (χ0n) is 16.4. The zero-order chi connectivity index (χ0) is 20.5. The highest BCUT2D eigenvalue weighted by atomic mass is 32.1. The van der Waals surface area contributed by atoms with E-state index in [1.807, 2.05) is 48.5 Å². The predicted octanol–water partition coefficient (Wildman–Crippen LogP) is 2.98. The van der Waals surface area contributed by atoms with Crippen LogP contribution in [0.5, 0.6) is 11.5 Å². The molecule has 0 saturated carbocycles. The summed E-state index contributed by atoms with van der Waals surface area (Å²) in [5.74, 6) is 1.36. The van der Waals surface area contributed by atoms with E-state index in [9.17, 15) is 0 Å². The standard InChI is InChI=1S/C23H23N3O2S/c1-17-8-10-18(11-9-17)16-28-21-13-12-19(14-22(21)27-2)15-24-26-23(29)25-20-6-4-3-5-7-20/h3-15H,16H2,1-2H3,(H2,25,26,29)/p+1. The Hall–Kier alpha value is -3.38. The lowest BCUT2D eigenvalue weighted by atomic mass is 10.2. The molecule has 29 heavy (non-hydrogen) atoms. The number of para-hydroxylation sites is 1. The summed E-state index contributed by atoms with van der Waals surface area (Å²) in [6, 6.07) is 23.7. The maximum Gasteiger partial charge on any atom is 0.228 e. The Balaban J connectivity index is 1.56. The van der Waals surface area contributed by atoms with E-state index >= 15 is 0 Å². The Morgan fingerprint density at radius 1 is 1.00 bits per heavy atom. The number of hydrazine groups is 1. The summed E-state index contributed by atoms with van der Waals surface area (Å²) < 4.78 is 11.4. The van der Waals surface area contributed by atoms with Gasteiger partial charge in [0.05, 0.1) is 7.11 Å². The summed E-state index contributed by atoms with van der Waals surface area (Å²) in [6.45, 7) is 2.55. The van der Waals surface area contributed by atoms with Crippen molar-refractivity contribution in [2.24, 2.45) is 0 Å². The molecule has 0 aliphatic rings. The van der Waals surface area contributed by atoms with E-state index in [0.717, 1.165) is 16.8 Å². The molecule has 0 saturated heterocycles. The minimum absolute atomic E-state index is 0.470. The first kappa shape index (κ1) is 20.4. The third-order valence-corrected chi connectivity index (χ3v) is 4.36. The molecule has 0 heterocycles. The molecule has 0 radical (unpaired) electrons. The highest BCUT2D eigenvalue weighted by Gasteiger charge is 2.07. The number of thiocarbonyl (C=S) groups is 1. The molecule has 3 aromatic rings. The summed E-state index contributed by atoms with van der Waals surface area (Å²) in [5.41, 5.74) is 7.10. The predicted molar refractivity (Wildman–Crippen MR) is 120 cm³/mol. The van der Waals surface area contributed by atoms with Crippen LogP contribution in [0.25, 0.3) is 0 Å². The van der Waals surface area contributed by atoms with Crippen LogP contribution < -0.4 is 25.3 Å². The van der Waals surface area contributed by atoms with Crippen LogP contribution in [0, 0.1) is 6.92 Å². The summed E-state index contributed by atoms with van der Waals surface area (Å²) in [6.07, 6.45) is 1.80. The van der Waals surface area contributed by atoms with Crippen molar-refractivity contribution in [2.45, 2.75) is 13.5 Å². The molecule has 0 aromatic heterocycles. The summed E-state index contributed by atoms with van der Waals surface area (Å²) in [7, 11) is 1.63. The van der Waals surface area contributed by atoms with Crippen molar-refractivity contribution < 1.29 is 14.6 Å². The van der Waals surface area contributed by atoms with Crippen LogP contribution in [0.1, 0.15) is 16.7 Å². The van der Waals surface area contributed by atoms with Gasteiger partial charge < -0.3 is 14.8 Å². The maximum atomic E-state index is 5.91. The van der Waals surface area contributed by atoms with Crippen molar-refractivity contribution in [3.05, 3.63) is 89.5 Å². The van der Waals surface area contributed by atoms with Gasteiger partial charge in [0.2, 0.25) is 5.11 Å². The maximum absolute atomic E-state index is 5.91. The van der Waals surface area contributed by atoms with E-state index < -0.39 is 0 Å². The van der Waals surface area contributed by atoms with Gasteiger partial charge in [0.15, 0.2) is 17.7 Å². The molecule has 0 amide bonds. The van der Waals surface area contributed by atoms with Gasteiger partial charge >= 0.3 is 0 Å². The molecule has 3 rings (SSSR count). The number of methoxy groups -OCH3 is 1. The molecule has 0 aliphatic carbocycles. The van der Waals surface area contributed by atoms with Crippen molar-refractivity contribution in [2.75, 3.05) is 12.4 Å². The summed E-state index contributed by atoms with van der Waals surface area (Å²) in [4.78, 5) is 0. The van der Waals surface area contributed by atoms with Crippen LogP contribution >= 0.6 is 12.2 Å². The first-order valence-electron chi connectivity index (χ1n) is 9.21. The lowest BCUT2D eigenvalue weighted by Crippen LogP contribution is -2.82. The van der Waals surface area contributed by atoms with Crippen LogP contribution in [0.15, 0.2) is 72.8 Å². The lowest BCUT2D eigenvalue weighted by Gasteiger charge is -2.11. The highest BCUT2D eigenvalue weighted by molar-refractivity contribution is 7.80. The zero-order valence-corrected chi connectivity index (χ0v) is 17.3. The van der Waals surface area contributed by atoms with Gasteiger partial charge in [-0.05, 0) is 55.0 Å². The second-order valence-electron chi connectivity index (χ2n) is 6.42. The molecular weight excluding hydrogens is 382 g/mol. The molecule has 3 N–H and O–H groups in total. The van der Waals surface area contributed by atoms with Gasteiger partial charge in [-0.3, -0.25) is 0 Å². The van der Waals surface area contributed by atoms with E-state index in [0.29, 0.717) is 23.2 Å². The minimum atomic E-state index is 0.470. The SMILES string of the molecule is COc1cc(C=[NH+]NC(=S)Nc2ccccc2)ccc1OCc1ccc(C)cc1. The van der Waals surface area contributed by atoms with Gasteiger partial charge in [0.1, 0.15) is 6.61 Å². The van der Waals surface area contributed by atoms with Crippen molar-refractivity contribution in [1.29, 1.82) is 0 Å². The molecule has 148 valence electrons. The Kier molecular flexibility index (Phi) is 7.19. The Labute approximate surface area is 176 Å².